The second kappa shape index (κ2) is 4.71. The first kappa shape index (κ1) is 14.5. The van der Waals surface area contributed by atoms with Gasteiger partial charge in [0.15, 0.2) is 0 Å². The van der Waals surface area contributed by atoms with Gasteiger partial charge in [-0.3, -0.25) is 4.79 Å². The molecule has 0 aromatic carbocycles. The molecule has 1 unspecified atom stereocenters. The van der Waals surface area contributed by atoms with E-state index in [1.54, 1.807) is 5.57 Å². The SMILES string of the molecule is C#C[C@]1(O)CC[C@H]2[C@@H]3CCC4=C(CCC(=O)C4)[C@H]3CCC21C. The molecule has 22 heavy (non-hydrogen) atoms. The maximum atomic E-state index is 11.7. The molecule has 0 saturated heterocycles. The fourth-order valence-corrected chi connectivity index (χ4v) is 6.30. The molecule has 0 amide bonds. The molecule has 0 heterocycles. The normalized spacial score (nSPS) is 47.5. The van der Waals surface area contributed by atoms with Gasteiger partial charge < -0.3 is 5.11 Å². The summed E-state index contributed by atoms with van der Waals surface area (Å²) in [4.78, 5) is 11.7. The number of fused-ring (bicyclic) bond motifs is 4. The molecule has 0 spiro atoms. The topological polar surface area (TPSA) is 37.3 Å². The van der Waals surface area contributed by atoms with Gasteiger partial charge in [-0.2, -0.15) is 0 Å². The van der Waals surface area contributed by atoms with E-state index in [1.807, 2.05) is 0 Å². The van der Waals surface area contributed by atoms with Crippen molar-refractivity contribution >= 4 is 5.78 Å². The average Bonchev–Trinajstić information content (AvgIpc) is 2.79. The van der Waals surface area contributed by atoms with Crippen LogP contribution in [0.5, 0.6) is 0 Å². The van der Waals surface area contributed by atoms with Crippen molar-refractivity contribution in [3.05, 3.63) is 11.1 Å². The smallest absolute Gasteiger partial charge is 0.137 e. The Morgan fingerprint density at radius 2 is 2.00 bits per heavy atom. The lowest BCUT2D eigenvalue weighted by Gasteiger charge is -2.53. The molecular weight excluding hydrogens is 272 g/mol. The van der Waals surface area contributed by atoms with Gasteiger partial charge in [0.25, 0.3) is 0 Å². The fourth-order valence-electron chi connectivity index (χ4n) is 6.30. The Balaban J connectivity index is 1.67. The van der Waals surface area contributed by atoms with E-state index in [-0.39, 0.29) is 5.41 Å². The Hall–Kier alpha value is -1.07. The minimum Gasteiger partial charge on any atom is -0.377 e. The van der Waals surface area contributed by atoms with E-state index in [4.69, 9.17) is 6.42 Å². The Bertz CT molecular complexity index is 595. The van der Waals surface area contributed by atoms with E-state index in [1.165, 1.54) is 12.0 Å². The maximum Gasteiger partial charge on any atom is 0.137 e. The fraction of sp³-hybridized carbons (Fsp3) is 0.750. The van der Waals surface area contributed by atoms with E-state index in [2.05, 4.69) is 12.8 Å². The number of Topliss-reactive ketones (excluding diaryl/α,β-unsaturated/α-hetero) is 1. The Morgan fingerprint density at radius 3 is 2.77 bits per heavy atom. The monoisotopic (exact) mass is 298 g/mol. The van der Waals surface area contributed by atoms with Gasteiger partial charge in [-0.15, -0.1) is 6.42 Å². The second-order valence-corrected chi connectivity index (χ2v) is 8.26. The van der Waals surface area contributed by atoms with Crippen molar-refractivity contribution in [3.8, 4) is 12.3 Å². The molecule has 0 aromatic rings. The lowest BCUT2D eigenvalue weighted by molar-refractivity contribution is -0.119. The zero-order valence-corrected chi connectivity index (χ0v) is 13.5. The molecule has 4 aliphatic carbocycles. The van der Waals surface area contributed by atoms with Gasteiger partial charge in [0.2, 0.25) is 0 Å². The van der Waals surface area contributed by atoms with Gasteiger partial charge in [-0.1, -0.05) is 24.0 Å². The highest BCUT2D eigenvalue weighted by molar-refractivity contribution is 5.82. The molecule has 0 aromatic heterocycles. The molecule has 4 aliphatic rings. The van der Waals surface area contributed by atoms with Crippen LogP contribution in [-0.4, -0.2) is 16.5 Å². The van der Waals surface area contributed by atoms with Crippen LogP contribution < -0.4 is 0 Å². The van der Waals surface area contributed by atoms with Crippen LogP contribution in [0.1, 0.15) is 64.7 Å². The van der Waals surface area contributed by atoms with Gasteiger partial charge in [0.05, 0.1) is 0 Å². The molecule has 0 aliphatic heterocycles. The quantitative estimate of drug-likeness (QED) is 0.547. The molecule has 4 rings (SSSR count). The summed E-state index contributed by atoms with van der Waals surface area (Å²) in [6.07, 6.45) is 14.5. The highest BCUT2D eigenvalue weighted by atomic mass is 16.3. The van der Waals surface area contributed by atoms with Crippen LogP contribution in [0.2, 0.25) is 0 Å². The van der Waals surface area contributed by atoms with Crippen molar-refractivity contribution < 1.29 is 9.90 Å². The molecule has 2 nitrogen and oxygen atoms in total. The van der Waals surface area contributed by atoms with Crippen molar-refractivity contribution in [2.24, 2.45) is 23.2 Å². The van der Waals surface area contributed by atoms with Crippen LogP contribution in [0.4, 0.5) is 0 Å². The number of carbonyl (C=O) groups is 1. The predicted octanol–water partition coefficient (Wildman–Crippen LogP) is 3.64. The van der Waals surface area contributed by atoms with Gasteiger partial charge in [0, 0.05) is 18.3 Å². The zero-order valence-electron chi connectivity index (χ0n) is 13.5. The molecule has 2 fully saturated rings. The van der Waals surface area contributed by atoms with Gasteiger partial charge in [-0.05, 0) is 62.7 Å². The molecule has 1 N–H and O–H groups in total. The third-order valence-corrected chi connectivity index (χ3v) is 7.59. The lowest BCUT2D eigenvalue weighted by Crippen LogP contribution is -2.50. The summed E-state index contributed by atoms with van der Waals surface area (Å²) in [5.74, 6) is 5.06. The summed E-state index contributed by atoms with van der Waals surface area (Å²) in [5, 5.41) is 10.9. The lowest BCUT2D eigenvalue weighted by atomic mass is 9.52. The number of aliphatic hydroxyl groups is 1. The first-order chi connectivity index (χ1) is 10.5. The van der Waals surface area contributed by atoms with Crippen molar-refractivity contribution in [1.82, 2.24) is 0 Å². The highest BCUT2D eigenvalue weighted by Crippen LogP contribution is 2.64. The minimum absolute atomic E-state index is 0.106. The van der Waals surface area contributed by atoms with Gasteiger partial charge in [0.1, 0.15) is 11.4 Å². The number of terminal acetylenes is 1. The van der Waals surface area contributed by atoms with E-state index in [9.17, 15) is 9.90 Å². The molecule has 2 saturated carbocycles. The van der Waals surface area contributed by atoms with Crippen LogP contribution >= 0.6 is 0 Å². The first-order valence-electron chi connectivity index (χ1n) is 8.91. The maximum absolute atomic E-state index is 11.7. The Labute approximate surface area is 133 Å². The van der Waals surface area contributed by atoms with Crippen LogP contribution in [0.25, 0.3) is 0 Å². The second-order valence-electron chi connectivity index (χ2n) is 8.26. The third-order valence-electron chi connectivity index (χ3n) is 7.59. The molecular formula is C20H26O2. The van der Waals surface area contributed by atoms with Crippen molar-refractivity contribution in [2.75, 3.05) is 0 Å². The van der Waals surface area contributed by atoms with Crippen molar-refractivity contribution in [1.29, 1.82) is 0 Å². The number of rotatable bonds is 0. The van der Waals surface area contributed by atoms with Gasteiger partial charge >= 0.3 is 0 Å². The van der Waals surface area contributed by atoms with Crippen molar-refractivity contribution in [3.63, 3.8) is 0 Å². The van der Waals surface area contributed by atoms with E-state index < -0.39 is 5.60 Å². The highest BCUT2D eigenvalue weighted by Gasteiger charge is 2.61. The van der Waals surface area contributed by atoms with Crippen LogP contribution in [0, 0.1) is 35.5 Å². The standard InChI is InChI=1S/C20H26O2/c1-3-20(22)11-9-18-17-6-4-13-12-14(21)5-7-15(13)16(17)8-10-19(18,20)2/h1,16-18,22H,4-12H2,2H3/t16-,17-,18+,19?,20+/m1/s1. The Morgan fingerprint density at radius 1 is 1.18 bits per heavy atom. The zero-order chi connectivity index (χ0) is 15.5. The van der Waals surface area contributed by atoms with Gasteiger partial charge in [-0.25, -0.2) is 0 Å². The number of allylic oxidation sites excluding steroid dienone is 2. The molecule has 0 bridgehead atoms. The van der Waals surface area contributed by atoms with E-state index in [0.29, 0.717) is 23.5 Å². The van der Waals surface area contributed by atoms with Crippen LogP contribution in [-0.2, 0) is 4.79 Å². The van der Waals surface area contributed by atoms with Crippen LogP contribution in [0.3, 0.4) is 0 Å². The number of carbonyl (C=O) groups excluding carboxylic acids is 1. The number of hydrogen-bond donors (Lipinski definition) is 1. The summed E-state index contributed by atoms with van der Waals surface area (Å²) >= 11 is 0. The number of ketones is 1. The summed E-state index contributed by atoms with van der Waals surface area (Å²) in [7, 11) is 0. The summed E-state index contributed by atoms with van der Waals surface area (Å²) < 4.78 is 0. The van der Waals surface area contributed by atoms with E-state index >= 15 is 0 Å². The number of hydrogen-bond acceptors (Lipinski definition) is 2. The third kappa shape index (κ3) is 1.75. The summed E-state index contributed by atoms with van der Waals surface area (Å²) in [6, 6.07) is 0. The Kier molecular flexibility index (Phi) is 3.11. The first-order valence-corrected chi connectivity index (χ1v) is 8.91. The molecule has 0 radical (unpaired) electrons. The average molecular weight is 298 g/mol. The van der Waals surface area contributed by atoms with Crippen molar-refractivity contribution in [2.45, 2.75) is 70.3 Å². The van der Waals surface area contributed by atoms with E-state index in [0.717, 1.165) is 51.4 Å². The molecule has 118 valence electrons. The molecule has 2 heteroatoms. The summed E-state index contributed by atoms with van der Waals surface area (Å²) in [5.41, 5.74) is 2.08. The summed E-state index contributed by atoms with van der Waals surface area (Å²) in [6.45, 7) is 2.23. The predicted molar refractivity (Wildman–Crippen MR) is 85.9 cm³/mol. The minimum atomic E-state index is -0.903. The molecule has 5 atom stereocenters. The van der Waals surface area contributed by atoms with Crippen LogP contribution in [0.15, 0.2) is 11.1 Å². The largest absolute Gasteiger partial charge is 0.377 e.